The third-order valence-electron chi connectivity index (χ3n) is 2.20. The van der Waals surface area contributed by atoms with Crippen LogP contribution in [0.4, 0.5) is 0 Å². The monoisotopic (exact) mass is 269 g/mol. The number of H-pyrrole nitrogens is 1. The van der Waals surface area contributed by atoms with Gasteiger partial charge in [-0.05, 0) is 19.1 Å². The van der Waals surface area contributed by atoms with Gasteiger partial charge in [0.15, 0.2) is 9.71 Å². The Balaban J connectivity index is 1.89. The number of hydrogen-bond donors (Lipinski definition) is 2. The largest absolute Gasteiger partial charge is 0.360 e. The van der Waals surface area contributed by atoms with Crippen molar-refractivity contribution in [2.24, 2.45) is 0 Å². The summed E-state index contributed by atoms with van der Waals surface area (Å²) in [5.41, 5.74) is 0.954. The standard InChI is InChI=1S/C10H11N3O2S2/c1-6-8(17-10(16)13-6)4-9(14)11-5-7-2-3-12-15-7/h2-3H,4-5H2,1H3,(H,11,14)(H,13,16). The molecule has 0 aliphatic carbocycles. The Bertz CT molecular complexity index is 556. The molecule has 2 rings (SSSR count). The molecule has 0 aliphatic heterocycles. The predicted molar refractivity (Wildman–Crippen MR) is 66.3 cm³/mol. The summed E-state index contributed by atoms with van der Waals surface area (Å²) in [6, 6.07) is 1.71. The topological polar surface area (TPSA) is 70.9 Å². The first-order valence-corrected chi connectivity index (χ1v) is 6.22. The number of rotatable bonds is 4. The van der Waals surface area contributed by atoms with Crippen LogP contribution in [0.1, 0.15) is 16.3 Å². The highest BCUT2D eigenvalue weighted by atomic mass is 32.1. The highest BCUT2D eigenvalue weighted by Gasteiger charge is 2.09. The van der Waals surface area contributed by atoms with Gasteiger partial charge in [-0.1, -0.05) is 5.16 Å². The fraction of sp³-hybridized carbons (Fsp3) is 0.300. The molecule has 0 unspecified atom stereocenters. The van der Waals surface area contributed by atoms with E-state index >= 15 is 0 Å². The van der Waals surface area contributed by atoms with Gasteiger partial charge in [-0.2, -0.15) is 0 Å². The molecule has 2 aromatic rings. The summed E-state index contributed by atoms with van der Waals surface area (Å²) < 4.78 is 5.57. The Morgan fingerprint density at radius 1 is 1.71 bits per heavy atom. The summed E-state index contributed by atoms with van der Waals surface area (Å²) in [6.07, 6.45) is 1.88. The molecule has 7 heteroatoms. The number of nitrogens with zero attached hydrogens (tertiary/aromatic N) is 1. The first-order valence-electron chi connectivity index (χ1n) is 5.00. The van der Waals surface area contributed by atoms with Gasteiger partial charge in [0.1, 0.15) is 0 Å². The summed E-state index contributed by atoms with van der Waals surface area (Å²) in [7, 11) is 0. The maximum Gasteiger partial charge on any atom is 0.225 e. The minimum atomic E-state index is -0.0604. The summed E-state index contributed by atoms with van der Waals surface area (Å²) in [4.78, 5) is 15.6. The van der Waals surface area contributed by atoms with Gasteiger partial charge in [-0.25, -0.2) is 0 Å². The van der Waals surface area contributed by atoms with Crippen LogP contribution < -0.4 is 5.32 Å². The van der Waals surface area contributed by atoms with Crippen molar-refractivity contribution in [3.63, 3.8) is 0 Å². The average Bonchev–Trinajstić information content (AvgIpc) is 2.87. The fourth-order valence-electron chi connectivity index (χ4n) is 1.33. The number of hydrogen-bond acceptors (Lipinski definition) is 5. The molecule has 0 spiro atoms. The van der Waals surface area contributed by atoms with Crippen LogP contribution in [0, 0.1) is 10.9 Å². The van der Waals surface area contributed by atoms with E-state index in [-0.39, 0.29) is 5.91 Å². The molecule has 0 radical (unpaired) electrons. The smallest absolute Gasteiger partial charge is 0.225 e. The van der Waals surface area contributed by atoms with E-state index in [1.54, 1.807) is 12.3 Å². The van der Waals surface area contributed by atoms with Gasteiger partial charge in [-0.15, -0.1) is 11.3 Å². The maximum atomic E-state index is 11.7. The molecule has 0 fully saturated rings. The van der Waals surface area contributed by atoms with E-state index in [4.69, 9.17) is 16.7 Å². The Morgan fingerprint density at radius 3 is 3.12 bits per heavy atom. The molecule has 0 aliphatic rings. The quantitative estimate of drug-likeness (QED) is 0.832. The lowest BCUT2D eigenvalue weighted by molar-refractivity contribution is -0.120. The number of aromatic nitrogens is 2. The van der Waals surface area contributed by atoms with Crippen LogP contribution in [-0.2, 0) is 17.8 Å². The van der Waals surface area contributed by atoms with Gasteiger partial charge in [0.2, 0.25) is 5.91 Å². The molecule has 0 aromatic carbocycles. The summed E-state index contributed by atoms with van der Waals surface area (Å²) >= 11 is 6.44. The Morgan fingerprint density at radius 2 is 2.53 bits per heavy atom. The van der Waals surface area contributed by atoms with Crippen LogP contribution in [0.5, 0.6) is 0 Å². The molecule has 17 heavy (non-hydrogen) atoms. The van der Waals surface area contributed by atoms with E-state index in [2.05, 4.69) is 15.5 Å². The van der Waals surface area contributed by atoms with E-state index in [1.807, 2.05) is 6.92 Å². The summed E-state index contributed by atoms with van der Waals surface area (Å²) in [5, 5.41) is 6.31. The third kappa shape index (κ3) is 3.24. The number of carbonyl (C=O) groups is 1. The van der Waals surface area contributed by atoms with Crippen LogP contribution in [0.3, 0.4) is 0 Å². The number of aryl methyl sites for hydroxylation is 1. The van der Waals surface area contributed by atoms with Crippen LogP contribution in [-0.4, -0.2) is 16.0 Å². The zero-order valence-electron chi connectivity index (χ0n) is 9.15. The predicted octanol–water partition coefficient (Wildman–Crippen LogP) is 1.96. The zero-order valence-corrected chi connectivity index (χ0v) is 10.8. The van der Waals surface area contributed by atoms with Crippen molar-refractivity contribution in [3.8, 4) is 0 Å². The number of amides is 1. The van der Waals surface area contributed by atoms with Crippen LogP contribution in [0.15, 0.2) is 16.8 Å². The SMILES string of the molecule is Cc1[nH]c(=S)sc1CC(=O)NCc1ccno1. The van der Waals surface area contributed by atoms with Crippen molar-refractivity contribution in [1.29, 1.82) is 0 Å². The van der Waals surface area contributed by atoms with Gasteiger partial charge in [0, 0.05) is 16.6 Å². The van der Waals surface area contributed by atoms with Crippen LogP contribution in [0.25, 0.3) is 0 Å². The van der Waals surface area contributed by atoms with Crippen LogP contribution in [0.2, 0.25) is 0 Å². The molecular weight excluding hydrogens is 258 g/mol. The molecular formula is C10H11N3O2S2. The van der Waals surface area contributed by atoms with Crippen molar-refractivity contribution in [2.45, 2.75) is 19.9 Å². The first kappa shape index (κ1) is 12.0. The number of aromatic amines is 1. The molecule has 0 bridgehead atoms. The normalized spacial score (nSPS) is 10.4. The average molecular weight is 269 g/mol. The van der Waals surface area contributed by atoms with Gasteiger partial charge in [0.25, 0.3) is 0 Å². The highest BCUT2D eigenvalue weighted by molar-refractivity contribution is 7.73. The molecule has 2 aromatic heterocycles. The lowest BCUT2D eigenvalue weighted by Gasteiger charge is -2.01. The lowest BCUT2D eigenvalue weighted by Crippen LogP contribution is -2.24. The Kier molecular flexibility index (Phi) is 3.70. The molecule has 0 saturated heterocycles. The number of carbonyl (C=O) groups excluding carboxylic acids is 1. The van der Waals surface area contributed by atoms with Crippen molar-refractivity contribution in [2.75, 3.05) is 0 Å². The molecule has 90 valence electrons. The van der Waals surface area contributed by atoms with Crippen molar-refractivity contribution >= 4 is 29.5 Å². The van der Waals surface area contributed by atoms with E-state index < -0.39 is 0 Å². The van der Waals surface area contributed by atoms with Gasteiger partial charge >= 0.3 is 0 Å². The zero-order chi connectivity index (χ0) is 12.3. The van der Waals surface area contributed by atoms with Gasteiger partial charge in [-0.3, -0.25) is 4.79 Å². The van der Waals surface area contributed by atoms with Gasteiger partial charge in [0.05, 0.1) is 19.2 Å². The molecule has 0 atom stereocenters. The fourth-order valence-corrected chi connectivity index (χ4v) is 2.62. The van der Waals surface area contributed by atoms with Crippen molar-refractivity contribution in [3.05, 3.63) is 32.5 Å². The van der Waals surface area contributed by atoms with Crippen LogP contribution >= 0.6 is 23.6 Å². The maximum absolute atomic E-state index is 11.7. The second-order valence-electron chi connectivity index (χ2n) is 3.49. The third-order valence-corrected chi connectivity index (χ3v) is 3.53. The number of thiazole rings is 1. The molecule has 5 nitrogen and oxygen atoms in total. The molecule has 2 heterocycles. The lowest BCUT2D eigenvalue weighted by atomic mass is 10.3. The Labute approximate surface area is 107 Å². The van der Waals surface area contributed by atoms with Crippen molar-refractivity contribution < 1.29 is 9.32 Å². The minimum Gasteiger partial charge on any atom is -0.360 e. The second kappa shape index (κ2) is 5.24. The van der Waals surface area contributed by atoms with E-state index in [0.717, 1.165) is 10.6 Å². The van der Waals surface area contributed by atoms with Gasteiger partial charge < -0.3 is 14.8 Å². The van der Waals surface area contributed by atoms with E-state index in [1.165, 1.54) is 11.3 Å². The Hall–Kier alpha value is -1.47. The summed E-state index contributed by atoms with van der Waals surface area (Å²) in [6.45, 7) is 2.26. The first-order chi connectivity index (χ1) is 8.15. The molecule has 1 amide bonds. The number of nitrogens with one attached hydrogen (secondary N) is 2. The highest BCUT2D eigenvalue weighted by Crippen LogP contribution is 2.14. The molecule has 0 saturated carbocycles. The minimum absolute atomic E-state index is 0.0604. The van der Waals surface area contributed by atoms with E-state index in [9.17, 15) is 4.79 Å². The van der Waals surface area contributed by atoms with Crippen molar-refractivity contribution in [1.82, 2.24) is 15.5 Å². The second-order valence-corrected chi connectivity index (χ2v) is 5.27. The summed E-state index contributed by atoms with van der Waals surface area (Å²) in [5.74, 6) is 0.575. The van der Waals surface area contributed by atoms with E-state index in [0.29, 0.717) is 22.7 Å². The molecule has 2 N–H and O–H groups in total.